The first-order valence-electron chi connectivity index (χ1n) is 40.4. The fourth-order valence-corrected chi connectivity index (χ4v) is 16.3. The maximum absolute atomic E-state index is 13.4. The van der Waals surface area contributed by atoms with Crippen LogP contribution < -0.4 is 38.1 Å². The predicted octanol–water partition coefficient (Wildman–Crippen LogP) is 18.6. The summed E-state index contributed by atoms with van der Waals surface area (Å²) >= 11 is 0. The quantitative estimate of drug-likeness (QED) is 0.0212. The molecule has 0 atom stereocenters. The van der Waals surface area contributed by atoms with E-state index in [2.05, 4.69) is 67.4 Å². The molecule has 26 nitrogen and oxygen atoms in total. The molecule has 0 saturated heterocycles. The zero-order valence-electron chi connectivity index (χ0n) is 68.7. The second-order valence-electron chi connectivity index (χ2n) is 32.6. The Bertz CT molecular complexity index is 5700. The van der Waals surface area contributed by atoms with Crippen LogP contribution in [0.4, 0.5) is 34.1 Å². The Kier molecular flexibility index (Phi) is 26.4. The standard InChI is InChI=1S/C31H33N5O4.C31H35N5O2.C21H22N2O2.C10H13N3O3/c1-31(2,30(38)33-22-13-15-23(16-14-22)36(39)40)34-29(37)21-12-17-24-26(19-21)35(3)28(25-11-7-8-18-32-25)27(24)20-9-5-4-6-10-20;1-31(2,30(38)34-23-15-13-22(32)14-16-23)35-29(37)21-12-17-24-26(19-21)36(3)28(25-11-7-8-18-33-25)27(24)20-9-5-4-6-10-20;1-23-18-13-15(21(24)25)10-11-16(18)19(14-7-3-2-4-8-14)20(23)17-9-5-6-12-22-17;1-10(2,11)9(14)12-7-3-5-8(6-4-7)13(15)16/h7-8,11-20H,4-6,9-10H2,1-3H3,(H,33,38)(H,34,37);7-8,11-20H,4-6,9-10,32H2,1-3H3,(H,34,38)(H,35,37);5-6,9-14H,2-4,7-8H2,1H3,(H,24,25);3-6H,11H2,1-2H3,(H,12,14). The summed E-state index contributed by atoms with van der Waals surface area (Å²) in [6.07, 6.45) is 23.7. The van der Waals surface area contributed by atoms with E-state index < -0.39 is 38.3 Å². The maximum atomic E-state index is 13.4. The number of carbonyl (C=O) groups is 6. The number of aryl methyl sites for hydroxylation is 3. The SMILES string of the molecule is CC(C)(N)C(=O)Nc1ccc([N+](=O)[O-])cc1.Cn1c(-c2ccccn2)c(C2CCCCC2)c2ccc(C(=O)NC(C)(C)C(=O)Nc3ccc(N)cc3)cc21.Cn1c(-c2ccccn2)c(C2CCCCC2)c2ccc(C(=O)NC(C)(C)C(=O)Nc3ccc([N+](=O)[O-])cc3)cc21.Cn1c(-c2ccccn2)c(C2CCCCC2)c2ccc(C(=O)O)cc21. The van der Waals surface area contributed by atoms with Crippen LogP contribution in [0, 0.1) is 20.2 Å². The van der Waals surface area contributed by atoms with Crippen molar-refractivity contribution in [3.63, 3.8) is 0 Å². The number of nitro benzene ring substituents is 2. The van der Waals surface area contributed by atoms with Gasteiger partial charge in [-0.05, 0) is 236 Å². The van der Waals surface area contributed by atoms with Crippen LogP contribution in [-0.4, -0.2) is 95.7 Å². The molecule has 616 valence electrons. The van der Waals surface area contributed by atoms with Crippen molar-refractivity contribution in [1.29, 1.82) is 0 Å². The third-order valence-electron chi connectivity index (χ3n) is 22.7. The van der Waals surface area contributed by atoms with Crippen molar-refractivity contribution >= 4 is 102 Å². The van der Waals surface area contributed by atoms with Gasteiger partial charge in [0.1, 0.15) is 11.1 Å². The Morgan fingerprint density at radius 2 is 0.706 bits per heavy atom. The molecule has 0 radical (unpaired) electrons. The highest BCUT2D eigenvalue weighted by Gasteiger charge is 2.35. The molecule has 6 aromatic heterocycles. The number of hydrogen-bond acceptors (Lipinski definition) is 15. The fraction of sp³-hybridized carbons (Fsp3) is 0.323. The van der Waals surface area contributed by atoms with Crippen LogP contribution in [0.3, 0.4) is 0 Å². The summed E-state index contributed by atoms with van der Waals surface area (Å²) in [7, 11) is 6.08. The number of aromatic carboxylic acids is 1. The van der Waals surface area contributed by atoms with E-state index >= 15 is 0 Å². The lowest BCUT2D eigenvalue weighted by Crippen LogP contribution is -2.52. The minimum absolute atomic E-state index is 0.0231. The largest absolute Gasteiger partial charge is 0.478 e. The number of hydrogen-bond donors (Lipinski definition) is 8. The summed E-state index contributed by atoms with van der Waals surface area (Å²) < 4.78 is 6.41. The fourth-order valence-electron chi connectivity index (χ4n) is 16.3. The average Bonchev–Trinajstić information content (AvgIpc) is 1.61. The molecular weight excluding hydrogens is 1500 g/mol. The van der Waals surface area contributed by atoms with Gasteiger partial charge >= 0.3 is 5.97 Å². The molecule has 6 heterocycles. The van der Waals surface area contributed by atoms with Gasteiger partial charge in [-0.2, -0.15) is 0 Å². The van der Waals surface area contributed by atoms with Crippen LogP contribution in [0.5, 0.6) is 0 Å². The molecular formula is C93H103N15O11. The molecule has 3 aliphatic carbocycles. The number of fused-ring (bicyclic) bond motifs is 3. The highest BCUT2D eigenvalue weighted by atomic mass is 16.6. The van der Waals surface area contributed by atoms with E-state index in [9.17, 15) is 54.1 Å². The highest BCUT2D eigenvalue weighted by Crippen LogP contribution is 2.47. The first kappa shape index (κ1) is 85.1. The van der Waals surface area contributed by atoms with Crippen LogP contribution in [0.2, 0.25) is 0 Å². The predicted molar refractivity (Wildman–Crippen MR) is 467 cm³/mol. The molecule has 10 N–H and O–H groups in total. The molecule has 0 unspecified atom stereocenters. The monoisotopic (exact) mass is 1610 g/mol. The smallest absolute Gasteiger partial charge is 0.335 e. The molecule has 12 aromatic rings. The molecule has 0 bridgehead atoms. The van der Waals surface area contributed by atoms with Crippen LogP contribution in [0.25, 0.3) is 66.9 Å². The van der Waals surface area contributed by atoms with Gasteiger partial charge in [0.05, 0.1) is 55.1 Å². The van der Waals surface area contributed by atoms with Gasteiger partial charge in [-0.1, -0.05) is 94.2 Å². The summed E-state index contributed by atoms with van der Waals surface area (Å²) in [5.41, 5.74) is 24.3. The van der Waals surface area contributed by atoms with Crippen molar-refractivity contribution in [3.8, 4) is 34.2 Å². The molecule has 15 rings (SSSR count). The molecule has 5 amide bonds. The zero-order valence-corrected chi connectivity index (χ0v) is 68.7. The van der Waals surface area contributed by atoms with E-state index in [-0.39, 0.29) is 35.0 Å². The van der Waals surface area contributed by atoms with Crippen molar-refractivity contribution in [1.82, 2.24) is 39.3 Å². The van der Waals surface area contributed by atoms with Crippen molar-refractivity contribution < 1.29 is 43.7 Å². The van der Waals surface area contributed by atoms with Gasteiger partial charge in [0, 0.05) is 131 Å². The van der Waals surface area contributed by atoms with E-state index in [1.165, 1.54) is 154 Å². The zero-order chi connectivity index (χ0) is 85.0. The number of nitrogens with zero attached hydrogens (tertiary/aromatic N) is 8. The molecule has 26 heteroatoms. The number of carboxylic acid groups (broad SMARTS) is 1. The van der Waals surface area contributed by atoms with Crippen molar-refractivity contribution in [3.05, 3.63) is 254 Å². The van der Waals surface area contributed by atoms with Crippen LogP contribution in [-0.2, 0) is 35.5 Å². The van der Waals surface area contributed by atoms with Crippen LogP contribution in [0.15, 0.2) is 201 Å². The Hall–Kier alpha value is -13.2. The lowest BCUT2D eigenvalue weighted by atomic mass is 9.82. The third kappa shape index (κ3) is 19.9. The second-order valence-corrected chi connectivity index (χ2v) is 32.6. The number of carbonyl (C=O) groups excluding carboxylic acids is 5. The van der Waals surface area contributed by atoms with E-state index in [1.807, 2.05) is 118 Å². The number of aromatic nitrogens is 6. The summed E-state index contributed by atoms with van der Waals surface area (Å²) in [6, 6.07) is 53.0. The van der Waals surface area contributed by atoms with Gasteiger partial charge in [0.2, 0.25) is 17.7 Å². The van der Waals surface area contributed by atoms with Crippen molar-refractivity contribution in [2.75, 3.05) is 21.7 Å². The molecule has 0 aliphatic heterocycles. The molecule has 119 heavy (non-hydrogen) atoms. The van der Waals surface area contributed by atoms with Crippen LogP contribution >= 0.6 is 0 Å². The lowest BCUT2D eigenvalue weighted by Gasteiger charge is -2.25. The number of non-ortho nitro benzene ring substituents is 2. The number of carboxylic acids is 1. The van der Waals surface area contributed by atoms with E-state index in [0.29, 0.717) is 57.2 Å². The summed E-state index contributed by atoms with van der Waals surface area (Å²) in [5, 5.41) is 48.0. The normalized spacial score (nSPS) is 14.1. The number of nitrogens with one attached hydrogen (secondary N) is 5. The average molecular weight is 1610 g/mol. The van der Waals surface area contributed by atoms with Gasteiger partial charge in [0.15, 0.2) is 0 Å². The van der Waals surface area contributed by atoms with Gasteiger partial charge in [-0.15, -0.1) is 0 Å². The van der Waals surface area contributed by atoms with Gasteiger partial charge in [0.25, 0.3) is 23.2 Å². The Labute approximate surface area is 690 Å². The minimum atomic E-state index is -1.24. The molecule has 6 aromatic carbocycles. The van der Waals surface area contributed by atoms with E-state index in [0.717, 1.165) is 74.3 Å². The van der Waals surface area contributed by atoms with Crippen LogP contribution in [0.1, 0.15) is 203 Å². The van der Waals surface area contributed by atoms with E-state index in [4.69, 9.17) is 11.5 Å². The second kappa shape index (κ2) is 36.9. The van der Waals surface area contributed by atoms with Gasteiger partial charge < -0.3 is 56.9 Å². The number of benzene rings is 6. The Morgan fingerprint density at radius 3 is 0.992 bits per heavy atom. The molecule has 3 saturated carbocycles. The highest BCUT2D eigenvalue weighted by molar-refractivity contribution is 6.07. The number of pyridine rings is 3. The number of rotatable bonds is 19. The molecule has 3 aliphatic rings. The number of amides is 5. The first-order chi connectivity index (χ1) is 56.9. The van der Waals surface area contributed by atoms with E-state index in [1.54, 1.807) is 84.1 Å². The van der Waals surface area contributed by atoms with Gasteiger partial charge in [-0.25, -0.2) is 4.79 Å². The summed E-state index contributed by atoms with van der Waals surface area (Å²) in [6.45, 7) is 9.78. The van der Waals surface area contributed by atoms with Crippen molar-refractivity contribution in [2.45, 2.75) is 172 Å². The third-order valence-corrected chi connectivity index (χ3v) is 22.7. The number of nitrogen functional groups attached to an aromatic ring is 1. The Balaban J connectivity index is 0.000000153. The van der Waals surface area contributed by atoms with Crippen molar-refractivity contribution in [2.24, 2.45) is 26.9 Å². The molecule has 3 fully saturated rings. The number of anilines is 4. The Morgan fingerprint density at radius 1 is 0.412 bits per heavy atom. The van der Waals surface area contributed by atoms with Gasteiger partial charge in [-0.3, -0.25) is 59.2 Å². The number of nitro groups is 2. The summed E-state index contributed by atoms with van der Waals surface area (Å²) in [5.74, 6) is -1.22. The topological polar surface area (TPSA) is 375 Å². The first-order valence-corrected chi connectivity index (χ1v) is 40.4. The lowest BCUT2D eigenvalue weighted by molar-refractivity contribution is -0.385. The number of nitrogens with two attached hydrogens (primary N) is 2. The molecule has 0 spiro atoms. The maximum Gasteiger partial charge on any atom is 0.335 e. The minimum Gasteiger partial charge on any atom is -0.478 e. The summed E-state index contributed by atoms with van der Waals surface area (Å²) in [4.78, 5) is 110.